The molecule has 2 unspecified atom stereocenters. The molecule has 0 saturated heterocycles. The van der Waals surface area contributed by atoms with Crippen LogP contribution in [0.5, 0.6) is 5.75 Å². The second-order valence-electron chi connectivity index (χ2n) is 6.60. The summed E-state index contributed by atoms with van der Waals surface area (Å²) in [6.07, 6.45) is 0. The highest BCUT2D eigenvalue weighted by atomic mass is 16.5. The Morgan fingerprint density at radius 3 is 2.19 bits per heavy atom. The van der Waals surface area contributed by atoms with E-state index in [2.05, 4.69) is 60.8 Å². The number of benzene rings is 3. The van der Waals surface area contributed by atoms with Crippen molar-refractivity contribution in [2.24, 2.45) is 0 Å². The summed E-state index contributed by atoms with van der Waals surface area (Å²) in [5, 5.41) is 3.72. The van der Waals surface area contributed by atoms with E-state index in [0.717, 1.165) is 23.5 Å². The Hall–Kier alpha value is -2.78. The zero-order valence-corrected chi connectivity index (χ0v) is 15.4. The third kappa shape index (κ3) is 4.44. The summed E-state index contributed by atoms with van der Waals surface area (Å²) in [5.74, 6) is 1.27. The molecule has 0 spiro atoms. The van der Waals surface area contributed by atoms with E-state index in [1.54, 1.807) is 7.11 Å². The number of nitrogens with one attached hydrogen (secondary N) is 1. The highest BCUT2D eigenvalue weighted by Gasteiger charge is 2.16. The van der Waals surface area contributed by atoms with Crippen molar-refractivity contribution in [3.8, 4) is 5.75 Å². The monoisotopic (exact) mass is 346 g/mol. The third-order valence-corrected chi connectivity index (χ3v) is 4.69. The van der Waals surface area contributed by atoms with Crippen molar-refractivity contribution in [2.45, 2.75) is 18.9 Å². The van der Waals surface area contributed by atoms with Gasteiger partial charge in [0.15, 0.2) is 0 Å². The van der Waals surface area contributed by atoms with Crippen LogP contribution in [0.1, 0.15) is 35.6 Å². The molecule has 0 fully saturated rings. The van der Waals surface area contributed by atoms with Gasteiger partial charge in [0.2, 0.25) is 0 Å². The molecular weight excluding hydrogens is 320 g/mol. The first kappa shape index (κ1) is 18.0. The molecule has 3 rings (SSSR count). The van der Waals surface area contributed by atoms with Crippen LogP contribution in [-0.2, 0) is 0 Å². The van der Waals surface area contributed by atoms with Crippen molar-refractivity contribution in [1.29, 1.82) is 0 Å². The molecule has 3 aromatic rings. The smallest absolute Gasteiger partial charge is 0.118 e. The number of hydrogen-bond acceptors (Lipinski definition) is 3. The number of methoxy groups -OCH3 is 1. The predicted octanol–water partition coefficient (Wildman–Crippen LogP) is 4.76. The van der Waals surface area contributed by atoms with Gasteiger partial charge < -0.3 is 15.8 Å². The van der Waals surface area contributed by atoms with Crippen molar-refractivity contribution in [1.82, 2.24) is 5.32 Å². The van der Waals surface area contributed by atoms with Gasteiger partial charge in [0.25, 0.3) is 0 Å². The summed E-state index contributed by atoms with van der Waals surface area (Å²) in [6.45, 7) is 3.11. The molecule has 0 aromatic heterocycles. The van der Waals surface area contributed by atoms with E-state index in [4.69, 9.17) is 10.5 Å². The largest absolute Gasteiger partial charge is 0.497 e. The van der Waals surface area contributed by atoms with Crippen LogP contribution >= 0.6 is 0 Å². The minimum atomic E-state index is 0.0792. The van der Waals surface area contributed by atoms with Crippen molar-refractivity contribution in [3.05, 3.63) is 95.6 Å². The van der Waals surface area contributed by atoms with E-state index in [1.807, 2.05) is 30.3 Å². The van der Waals surface area contributed by atoms with Gasteiger partial charge in [-0.3, -0.25) is 0 Å². The van der Waals surface area contributed by atoms with E-state index < -0.39 is 0 Å². The van der Waals surface area contributed by atoms with Gasteiger partial charge in [-0.1, -0.05) is 61.5 Å². The van der Waals surface area contributed by atoms with E-state index >= 15 is 0 Å². The molecule has 26 heavy (non-hydrogen) atoms. The third-order valence-electron chi connectivity index (χ3n) is 4.69. The molecule has 3 N–H and O–H groups in total. The van der Waals surface area contributed by atoms with Crippen LogP contribution in [0.25, 0.3) is 0 Å². The Kier molecular flexibility index (Phi) is 5.92. The predicted molar refractivity (Wildman–Crippen MR) is 109 cm³/mol. The molecule has 3 heteroatoms. The lowest BCUT2D eigenvalue weighted by Gasteiger charge is -2.23. The molecule has 2 atom stereocenters. The minimum Gasteiger partial charge on any atom is -0.497 e. The zero-order valence-electron chi connectivity index (χ0n) is 15.4. The summed E-state index contributed by atoms with van der Waals surface area (Å²) in [5.41, 5.74) is 10.5. The van der Waals surface area contributed by atoms with E-state index in [0.29, 0.717) is 5.92 Å². The number of hydrogen-bond donors (Lipinski definition) is 2. The van der Waals surface area contributed by atoms with Gasteiger partial charge in [0.05, 0.1) is 13.2 Å². The molecule has 0 aliphatic rings. The molecule has 3 nitrogen and oxygen atoms in total. The van der Waals surface area contributed by atoms with Crippen LogP contribution in [-0.4, -0.2) is 13.7 Å². The summed E-state index contributed by atoms with van der Waals surface area (Å²) < 4.78 is 5.29. The van der Waals surface area contributed by atoms with Crippen LogP contribution in [0.4, 0.5) is 5.69 Å². The Bertz CT molecular complexity index is 815. The van der Waals surface area contributed by atoms with Gasteiger partial charge in [0, 0.05) is 12.2 Å². The number of rotatable bonds is 7. The Labute approximate surface area is 155 Å². The first-order valence-electron chi connectivity index (χ1n) is 8.95. The Morgan fingerprint density at radius 2 is 1.54 bits per heavy atom. The SMILES string of the molecule is COc1ccc(C(NCC(C)c2ccccc2)c2cccc(N)c2)cc1. The highest BCUT2D eigenvalue weighted by molar-refractivity contribution is 5.45. The second-order valence-corrected chi connectivity index (χ2v) is 6.60. The fraction of sp³-hybridized carbons (Fsp3) is 0.217. The average molecular weight is 346 g/mol. The van der Waals surface area contributed by atoms with Crippen LogP contribution in [0.3, 0.4) is 0 Å². The van der Waals surface area contributed by atoms with Crippen molar-refractivity contribution >= 4 is 5.69 Å². The molecule has 3 aromatic carbocycles. The second kappa shape index (κ2) is 8.54. The first-order valence-corrected chi connectivity index (χ1v) is 8.95. The van der Waals surface area contributed by atoms with Crippen molar-refractivity contribution < 1.29 is 4.74 Å². The molecule has 0 saturated carbocycles. The molecule has 0 aliphatic heterocycles. The summed E-state index contributed by atoms with van der Waals surface area (Å²) >= 11 is 0. The van der Waals surface area contributed by atoms with Crippen LogP contribution in [0.15, 0.2) is 78.9 Å². The van der Waals surface area contributed by atoms with E-state index in [9.17, 15) is 0 Å². The molecular formula is C23H26N2O. The molecule has 0 heterocycles. The van der Waals surface area contributed by atoms with Gasteiger partial charge >= 0.3 is 0 Å². The maximum Gasteiger partial charge on any atom is 0.118 e. The molecule has 0 radical (unpaired) electrons. The van der Waals surface area contributed by atoms with Crippen LogP contribution < -0.4 is 15.8 Å². The lowest BCUT2D eigenvalue weighted by atomic mass is 9.96. The lowest BCUT2D eigenvalue weighted by molar-refractivity contribution is 0.414. The fourth-order valence-corrected chi connectivity index (χ4v) is 3.16. The summed E-state index contributed by atoms with van der Waals surface area (Å²) in [7, 11) is 1.68. The first-order chi connectivity index (χ1) is 12.7. The van der Waals surface area contributed by atoms with E-state index in [-0.39, 0.29) is 6.04 Å². The maximum absolute atomic E-state index is 6.02. The summed E-state index contributed by atoms with van der Waals surface area (Å²) in [4.78, 5) is 0. The molecule has 0 amide bonds. The van der Waals surface area contributed by atoms with Gasteiger partial charge in [-0.05, 0) is 46.9 Å². The van der Waals surface area contributed by atoms with Gasteiger partial charge in [-0.2, -0.15) is 0 Å². The van der Waals surface area contributed by atoms with Crippen molar-refractivity contribution in [2.75, 3.05) is 19.4 Å². The number of anilines is 1. The van der Waals surface area contributed by atoms with Crippen LogP contribution in [0, 0.1) is 0 Å². The Morgan fingerprint density at radius 1 is 0.846 bits per heavy atom. The fourth-order valence-electron chi connectivity index (χ4n) is 3.16. The molecule has 0 aliphatic carbocycles. The van der Waals surface area contributed by atoms with Gasteiger partial charge in [0.1, 0.15) is 5.75 Å². The number of ether oxygens (including phenoxy) is 1. The molecule has 0 bridgehead atoms. The standard InChI is InChI=1S/C23H26N2O/c1-17(18-7-4-3-5-8-18)16-25-23(20-9-6-10-21(24)15-20)19-11-13-22(26-2)14-12-19/h3-15,17,23,25H,16,24H2,1-2H3. The quantitative estimate of drug-likeness (QED) is 0.606. The molecule has 134 valence electrons. The van der Waals surface area contributed by atoms with Crippen LogP contribution in [0.2, 0.25) is 0 Å². The minimum absolute atomic E-state index is 0.0792. The number of nitrogens with two attached hydrogens (primary N) is 1. The van der Waals surface area contributed by atoms with E-state index in [1.165, 1.54) is 11.1 Å². The normalized spacial score (nSPS) is 13.2. The summed E-state index contributed by atoms with van der Waals surface area (Å²) in [6, 6.07) is 26.9. The highest BCUT2D eigenvalue weighted by Crippen LogP contribution is 2.26. The Balaban J connectivity index is 1.83. The average Bonchev–Trinajstić information content (AvgIpc) is 2.69. The van der Waals surface area contributed by atoms with Crippen molar-refractivity contribution in [3.63, 3.8) is 0 Å². The zero-order chi connectivity index (χ0) is 18.4. The maximum atomic E-state index is 6.02. The van der Waals surface area contributed by atoms with Gasteiger partial charge in [-0.15, -0.1) is 0 Å². The number of nitrogen functional groups attached to an aromatic ring is 1. The topological polar surface area (TPSA) is 47.3 Å². The van der Waals surface area contributed by atoms with Gasteiger partial charge in [-0.25, -0.2) is 0 Å². The lowest BCUT2D eigenvalue weighted by Crippen LogP contribution is -2.26.